The number of fused-ring (bicyclic) bond motifs is 6. The van der Waals surface area contributed by atoms with E-state index in [2.05, 4.69) is 26.6 Å². The number of hydrogen-bond acceptors (Lipinski definition) is 10. The quantitative estimate of drug-likeness (QED) is 0.0993. The van der Waals surface area contributed by atoms with Gasteiger partial charge in [0.15, 0.2) is 0 Å². The zero-order valence-electron chi connectivity index (χ0n) is 34.5. The van der Waals surface area contributed by atoms with Crippen LogP contribution in [-0.2, 0) is 33.4 Å². The van der Waals surface area contributed by atoms with Crippen LogP contribution in [0, 0.1) is 23.7 Å². The Morgan fingerprint density at radius 2 is 1.48 bits per heavy atom. The fraction of sp³-hybridized carbons (Fsp3) is 0.878. The number of likely N-dealkylation sites (N-methyl/N-ethyl adjacent to an activating group) is 1. The van der Waals surface area contributed by atoms with Gasteiger partial charge >= 0.3 is 0 Å². The second-order valence-corrected chi connectivity index (χ2v) is 16.8. The minimum Gasteiger partial charge on any atom is -0.379 e. The molecule has 2 aliphatic carbocycles. The molecule has 4 bridgehead atoms. The summed E-state index contributed by atoms with van der Waals surface area (Å²) in [5, 5.41) is 15.3. The van der Waals surface area contributed by atoms with Crippen molar-refractivity contribution in [2.75, 3.05) is 53.0 Å². The van der Waals surface area contributed by atoms with E-state index in [-0.39, 0.29) is 49.5 Å². The van der Waals surface area contributed by atoms with Crippen molar-refractivity contribution in [3.63, 3.8) is 0 Å². The van der Waals surface area contributed by atoms with Gasteiger partial charge in [-0.05, 0) is 88.8 Å². The standard InChI is InChI=1S/C41H74N8O7/c1-4-5-17-34-39(52)48-36(29-14-8-6-7-9-15-29)40(53)45-31(24-43)37(50)47-33(25-55-21-12-20-44-19-11-18-42)38(51)46-32-26-56-35(27(2)41(54)49(34)3)23-28-13-10-16-30(32)22-28/h27-36,44H,4-26,42-43H2,1-3H3,(H,45,53)(H,46,51)(H,47,50)(H,48,52)/t27-,28?,30?,31+,32+,33+,34+,35-,36+/m1/s1. The average molecular weight is 791 g/mol. The first-order valence-electron chi connectivity index (χ1n) is 21.9. The summed E-state index contributed by atoms with van der Waals surface area (Å²) in [4.78, 5) is 72.5. The summed E-state index contributed by atoms with van der Waals surface area (Å²) in [5.74, 6) is -2.27. The van der Waals surface area contributed by atoms with Crippen molar-refractivity contribution in [3.8, 4) is 0 Å². The van der Waals surface area contributed by atoms with Gasteiger partial charge in [0, 0.05) is 20.2 Å². The molecule has 4 fully saturated rings. The molecule has 15 nitrogen and oxygen atoms in total. The Kier molecular flexibility index (Phi) is 19.8. The van der Waals surface area contributed by atoms with Gasteiger partial charge in [0.2, 0.25) is 29.5 Å². The van der Waals surface area contributed by atoms with E-state index in [9.17, 15) is 24.0 Å². The van der Waals surface area contributed by atoms with Crippen LogP contribution in [0.1, 0.15) is 117 Å². The van der Waals surface area contributed by atoms with Gasteiger partial charge in [0.1, 0.15) is 24.2 Å². The van der Waals surface area contributed by atoms with Crippen LogP contribution in [0.25, 0.3) is 0 Å². The SMILES string of the molecule is CCCC[C@H]1C(=O)N[C@@H](C2CCCCCC2)C(=O)N[C@@H](CN)C(=O)N[C@@H](COCCCNCCCN)C(=O)N[C@H]2CO[C@H](CC3CCCC2C3)[C@@H](C)C(=O)N1C. The number of nitrogens with one attached hydrogen (secondary N) is 5. The Hall–Kier alpha value is -2.85. The lowest BCUT2D eigenvalue weighted by molar-refractivity contribution is -0.148. The summed E-state index contributed by atoms with van der Waals surface area (Å²) >= 11 is 0. The van der Waals surface area contributed by atoms with Crippen molar-refractivity contribution >= 4 is 29.5 Å². The minimum atomic E-state index is -1.16. The Morgan fingerprint density at radius 3 is 2.20 bits per heavy atom. The molecular weight excluding hydrogens is 716 g/mol. The largest absolute Gasteiger partial charge is 0.379 e. The summed E-state index contributed by atoms with van der Waals surface area (Å²) < 4.78 is 12.5. The highest BCUT2D eigenvalue weighted by atomic mass is 16.5. The van der Waals surface area contributed by atoms with Gasteiger partial charge in [-0.15, -0.1) is 0 Å². The Labute approximate surface area is 335 Å². The van der Waals surface area contributed by atoms with Gasteiger partial charge < -0.3 is 52.4 Å². The van der Waals surface area contributed by atoms with Crippen LogP contribution < -0.4 is 38.1 Å². The third-order valence-electron chi connectivity index (χ3n) is 12.6. The van der Waals surface area contributed by atoms with Crippen LogP contribution in [0.5, 0.6) is 0 Å². The highest BCUT2D eigenvalue weighted by Gasteiger charge is 2.41. The lowest BCUT2D eigenvalue weighted by Crippen LogP contribution is -2.62. The molecule has 0 aromatic carbocycles. The van der Waals surface area contributed by atoms with E-state index >= 15 is 0 Å². The van der Waals surface area contributed by atoms with E-state index in [4.69, 9.17) is 20.9 Å². The number of carbonyl (C=O) groups is 5. The second-order valence-electron chi connectivity index (χ2n) is 16.8. The number of carbonyl (C=O) groups excluding carboxylic acids is 5. The van der Waals surface area contributed by atoms with Crippen molar-refractivity contribution < 1.29 is 33.4 Å². The molecule has 9 N–H and O–H groups in total. The molecule has 2 aliphatic heterocycles. The summed E-state index contributed by atoms with van der Waals surface area (Å²) in [5.41, 5.74) is 11.7. The molecule has 2 saturated carbocycles. The minimum absolute atomic E-state index is 0.0765. The molecule has 0 spiro atoms. The van der Waals surface area contributed by atoms with Gasteiger partial charge in [0.05, 0.1) is 31.3 Å². The van der Waals surface area contributed by atoms with Gasteiger partial charge in [0.25, 0.3) is 0 Å². The van der Waals surface area contributed by atoms with Crippen molar-refractivity contribution in [1.82, 2.24) is 31.5 Å². The van der Waals surface area contributed by atoms with Crippen molar-refractivity contribution in [2.24, 2.45) is 35.1 Å². The predicted molar refractivity (Wildman–Crippen MR) is 215 cm³/mol. The van der Waals surface area contributed by atoms with E-state index in [1.165, 1.54) is 0 Å². The molecule has 56 heavy (non-hydrogen) atoms. The molecule has 320 valence electrons. The van der Waals surface area contributed by atoms with Gasteiger partial charge in [-0.2, -0.15) is 0 Å². The molecule has 15 heteroatoms. The van der Waals surface area contributed by atoms with Crippen LogP contribution in [0.15, 0.2) is 0 Å². The number of ether oxygens (including phenoxy) is 2. The molecule has 2 unspecified atom stereocenters. The maximum Gasteiger partial charge on any atom is 0.245 e. The topological polar surface area (TPSA) is 219 Å². The number of nitrogens with zero attached hydrogens (tertiary/aromatic N) is 1. The fourth-order valence-electron chi connectivity index (χ4n) is 9.09. The molecule has 5 amide bonds. The third kappa shape index (κ3) is 13.6. The van der Waals surface area contributed by atoms with Gasteiger partial charge in [-0.25, -0.2) is 0 Å². The molecule has 2 saturated heterocycles. The van der Waals surface area contributed by atoms with Crippen LogP contribution in [0.4, 0.5) is 0 Å². The smallest absolute Gasteiger partial charge is 0.245 e. The molecule has 2 heterocycles. The van der Waals surface area contributed by atoms with Crippen LogP contribution in [-0.4, -0.2) is 124 Å². The monoisotopic (exact) mass is 791 g/mol. The van der Waals surface area contributed by atoms with E-state index in [1.807, 2.05) is 13.8 Å². The summed E-state index contributed by atoms with van der Waals surface area (Å²) in [6, 6.07) is -4.28. The second kappa shape index (κ2) is 24.2. The van der Waals surface area contributed by atoms with Crippen molar-refractivity contribution in [2.45, 2.75) is 153 Å². The third-order valence-corrected chi connectivity index (χ3v) is 12.6. The first kappa shape index (κ1) is 45.8. The Balaban J connectivity index is 1.66. The highest BCUT2D eigenvalue weighted by Crippen LogP contribution is 2.38. The van der Waals surface area contributed by atoms with Crippen molar-refractivity contribution in [3.05, 3.63) is 0 Å². The number of rotatable bonds is 14. The Bertz CT molecular complexity index is 1250. The Morgan fingerprint density at radius 1 is 0.786 bits per heavy atom. The molecule has 4 rings (SSSR count). The van der Waals surface area contributed by atoms with E-state index in [0.717, 1.165) is 103 Å². The normalized spacial score (nSPS) is 32.1. The maximum absolute atomic E-state index is 14.3. The molecule has 4 aliphatic rings. The van der Waals surface area contributed by atoms with Gasteiger partial charge in [-0.3, -0.25) is 24.0 Å². The molecule has 0 aromatic heterocycles. The summed E-state index contributed by atoms with van der Waals surface area (Å²) in [6.45, 7) is 6.36. The van der Waals surface area contributed by atoms with Crippen molar-refractivity contribution in [1.29, 1.82) is 0 Å². The summed E-state index contributed by atoms with van der Waals surface area (Å²) in [7, 11) is 1.68. The molecule has 0 radical (unpaired) electrons. The summed E-state index contributed by atoms with van der Waals surface area (Å²) in [6.07, 6.45) is 13.2. The first-order valence-corrected chi connectivity index (χ1v) is 21.9. The number of unbranched alkanes of at least 4 members (excludes halogenated alkanes) is 1. The van der Waals surface area contributed by atoms with E-state index < -0.39 is 53.9 Å². The fourth-order valence-corrected chi connectivity index (χ4v) is 9.09. The highest BCUT2D eigenvalue weighted by molar-refractivity contribution is 5.96. The average Bonchev–Trinajstić information content (AvgIpc) is 3.48. The number of nitrogens with two attached hydrogens (primary N) is 2. The lowest BCUT2D eigenvalue weighted by atomic mass is 9.74. The maximum atomic E-state index is 14.3. The van der Waals surface area contributed by atoms with Crippen LogP contribution in [0.3, 0.4) is 0 Å². The molecule has 9 atom stereocenters. The molecule has 0 aromatic rings. The molecular formula is C41H74N8O7. The van der Waals surface area contributed by atoms with E-state index in [1.54, 1.807) is 11.9 Å². The number of amides is 5. The van der Waals surface area contributed by atoms with Crippen LogP contribution in [0.2, 0.25) is 0 Å². The van der Waals surface area contributed by atoms with E-state index in [0.29, 0.717) is 31.9 Å². The van der Waals surface area contributed by atoms with Gasteiger partial charge in [-0.1, -0.05) is 65.2 Å². The lowest BCUT2D eigenvalue weighted by Gasteiger charge is -2.41. The first-order chi connectivity index (χ1) is 27.1. The predicted octanol–water partition coefficient (Wildman–Crippen LogP) is 1.46. The van der Waals surface area contributed by atoms with Crippen LogP contribution >= 0.6 is 0 Å². The zero-order valence-corrected chi connectivity index (χ0v) is 34.5. The zero-order chi connectivity index (χ0) is 40.5. The number of hydrogen-bond donors (Lipinski definition) is 7.